The number of nitrogens with one attached hydrogen (secondary N) is 2. The van der Waals surface area contributed by atoms with Crippen molar-refractivity contribution in [2.24, 2.45) is 0 Å². The van der Waals surface area contributed by atoms with Gasteiger partial charge in [-0.05, 0) is 31.2 Å². The summed E-state index contributed by atoms with van der Waals surface area (Å²) in [5.41, 5.74) is 1.97. The van der Waals surface area contributed by atoms with Crippen molar-refractivity contribution in [3.8, 4) is 11.4 Å². The molecule has 0 amide bonds. The van der Waals surface area contributed by atoms with Gasteiger partial charge in [0, 0.05) is 18.3 Å². The second-order valence-electron chi connectivity index (χ2n) is 5.63. The van der Waals surface area contributed by atoms with E-state index in [0.29, 0.717) is 38.9 Å². The van der Waals surface area contributed by atoms with Crippen molar-refractivity contribution in [1.82, 2.24) is 15.0 Å². The molecule has 2 aromatic heterocycles. The molecule has 0 radical (unpaired) electrons. The van der Waals surface area contributed by atoms with Crippen LogP contribution in [-0.2, 0) is 0 Å². The van der Waals surface area contributed by atoms with Crippen molar-refractivity contribution in [3.63, 3.8) is 0 Å². The highest BCUT2D eigenvalue weighted by Gasteiger charge is 2.11. The first-order valence-electron chi connectivity index (χ1n) is 7.95. The smallest absolute Gasteiger partial charge is 0.225 e. The Kier molecular flexibility index (Phi) is 5.88. The average molecular weight is 390 g/mol. The molecule has 0 aliphatic rings. The predicted octanol–water partition coefficient (Wildman–Crippen LogP) is 4.38. The molecule has 0 spiro atoms. The standard InChI is InChI=1S/C18H17Cl2N5O/c1-11(10-26)22-18-24-15(13-6-2-3-8-21-13)9-16(25-18)23-14-7-4-5-12(19)17(14)20/h2-9,11,26H,10H2,1H3,(H2,22,23,24,25)/t11-/m1/s1. The van der Waals surface area contributed by atoms with E-state index >= 15 is 0 Å². The zero-order chi connectivity index (χ0) is 18.5. The highest BCUT2D eigenvalue weighted by Crippen LogP contribution is 2.32. The summed E-state index contributed by atoms with van der Waals surface area (Å²) >= 11 is 12.3. The molecule has 0 unspecified atom stereocenters. The number of pyridine rings is 1. The maximum absolute atomic E-state index is 9.28. The van der Waals surface area contributed by atoms with Crippen molar-refractivity contribution in [3.05, 3.63) is 58.7 Å². The maximum Gasteiger partial charge on any atom is 0.225 e. The van der Waals surface area contributed by atoms with Crippen LogP contribution in [0.5, 0.6) is 0 Å². The second kappa shape index (κ2) is 8.31. The van der Waals surface area contributed by atoms with Gasteiger partial charge in [-0.25, -0.2) is 4.98 Å². The Balaban J connectivity index is 2.00. The lowest BCUT2D eigenvalue weighted by molar-refractivity contribution is 0.281. The summed E-state index contributed by atoms with van der Waals surface area (Å²) in [5, 5.41) is 16.3. The lowest BCUT2D eigenvalue weighted by atomic mass is 10.2. The molecule has 0 saturated carbocycles. The minimum absolute atomic E-state index is 0.0416. The fourth-order valence-corrected chi connectivity index (χ4v) is 2.57. The van der Waals surface area contributed by atoms with Gasteiger partial charge in [0.1, 0.15) is 5.82 Å². The molecule has 0 saturated heterocycles. The molecule has 134 valence electrons. The van der Waals surface area contributed by atoms with E-state index in [4.69, 9.17) is 23.2 Å². The van der Waals surface area contributed by atoms with Crippen LogP contribution in [0.3, 0.4) is 0 Å². The number of nitrogens with zero attached hydrogens (tertiary/aromatic N) is 3. The molecule has 1 atom stereocenters. The molecule has 8 heteroatoms. The van der Waals surface area contributed by atoms with E-state index in [0.717, 1.165) is 0 Å². The zero-order valence-electron chi connectivity index (χ0n) is 13.9. The monoisotopic (exact) mass is 389 g/mol. The van der Waals surface area contributed by atoms with Gasteiger partial charge in [0.25, 0.3) is 0 Å². The first kappa shape index (κ1) is 18.4. The summed E-state index contributed by atoms with van der Waals surface area (Å²) in [6, 6.07) is 12.5. The minimum atomic E-state index is -0.198. The molecule has 0 aliphatic heterocycles. The number of aliphatic hydroxyl groups is 1. The molecular weight excluding hydrogens is 373 g/mol. The molecule has 0 fully saturated rings. The quantitative estimate of drug-likeness (QED) is 0.579. The lowest BCUT2D eigenvalue weighted by Crippen LogP contribution is -2.21. The normalized spacial score (nSPS) is 11.8. The van der Waals surface area contributed by atoms with Crippen LogP contribution in [0.15, 0.2) is 48.7 Å². The van der Waals surface area contributed by atoms with E-state index in [9.17, 15) is 5.11 Å². The Bertz CT molecular complexity index is 892. The Hall–Kier alpha value is -2.41. The van der Waals surface area contributed by atoms with E-state index < -0.39 is 0 Å². The predicted molar refractivity (Wildman–Crippen MR) is 105 cm³/mol. The highest BCUT2D eigenvalue weighted by molar-refractivity contribution is 6.43. The third-order valence-electron chi connectivity index (χ3n) is 3.52. The molecular formula is C18H17Cl2N5O. The van der Waals surface area contributed by atoms with Crippen LogP contribution in [0, 0.1) is 0 Å². The summed E-state index contributed by atoms with van der Waals surface area (Å²) in [4.78, 5) is 13.2. The average Bonchev–Trinajstić information content (AvgIpc) is 2.66. The Morgan fingerprint density at radius 3 is 2.65 bits per heavy atom. The van der Waals surface area contributed by atoms with Gasteiger partial charge >= 0.3 is 0 Å². The number of rotatable bonds is 6. The van der Waals surface area contributed by atoms with Gasteiger partial charge in [-0.2, -0.15) is 4.98 Å². The number of hydrogen-bond donors (Lipinski definition) is 3. The van der Waals surface area contributed by atoms with Gasteiger partial charge in [0.05, 0.1) is 33.7 Å². The Morgan fingerprint density at radius 2 is 1.92 bits per heavy atom. The summed E-state index contributed by atoms with van der Waals surface area (Å²) in [6.07, 6.45) is 1.70. The van der Waals surface area contributed by atoms with Gasteiger partial charge < -0.3 is 15.7 Å². The first-order chi connectivity index (χ1) is 12.6. The lowest BCUT2D eigenvalue weighted by Gasteiger charge is -2.14. The molecule has 3 rings (SSSR count). The Labute approximate surface area is 161 Å². The summed E-state index contributed by atoms with van der Waals surface area (Å²) in [7, 11) is 0. The Morgan fingerprint density at radius 1 is 1.08 bits per heavy atom. The van der Waals surface area contributed by atoms with Crippen molar-refractivity contribution in [2.45, 2.75) is 13.0 Å². The maximum atomic E-state index is 9.28. The van der Waals surface area contributed by atoms with Crippen molar-refractivity contribution in [2.75, 3.05) is 17.2 Å². The van der Waals surface area contributed by atoms with Gasteiger partial charge in [-0.3, -0.25) is 4.98 Å². The minimum Gasteiger partial charge on any atom is -0.394 e. The van der Waals surface area contributed by atoms with Gasteiger partial charge in [-0.1, -0.05) is 35.3 Å². The first-order valence-corrected chi connectivity index (χ1v) is 8.71. The SMILES string of the molecule is C[C@H](CO)Nc1nc(Nc2cccc(Cl)c2Cl)cc(-c2ccccn2)n1. The second-order valence-corrected chi connectivity index (χ2v) is 6.42. The molecule has 0 bridgehead atoms. The van der Waals surface area contributed by atoms with Crippen LogP contribution < -0.4 is 10.6 Å². The number of anilines is 3. The van der Waals surface area contributed by atoms with Crippen LogP contribution >= 0.6 is 23.2 Å². The van der Waals surface area contributed by atoms with Gasteiger partial charge in [0.15, 0.2) is 0 Å². The topological polar surface area (TPSA) is 83.0 Å². The van der Waals surface area contributed by atoms with E-state index in [-0.39, 0.29) is 12.6 Å². The zero-order valence-corrected chi connectivity index (χ0v) is 15.5. The number of aliphatic hydroxyl groups excluding tert-OH is 1. The fraction of sp³-hybridized carbons (Fsp3) is 0.167. The molecule has 6 nitrogen and oxygen atoms in total. The molecule has 1 aromatic carbocycles. The molecule has 0 aliphatic carbocycles. The largest absolute Gasteiger partial charge is 0.394 e. The number of halogens is 2. The van der Waals surface area contributed by atoms with Gasteiger partial charge in [-0.15, -0.1) is 0 Å². The van der Waals surface area contributed by atoms with Gasteiger partial charge in [0.2, 0.25) is 5.95 Å². The highest BCUT2D eigenvalue weighted by atomic mass is 35.5. The number of aromatic nitrogens is 3. The van der Waals surface area contributed by atoms with E-state index in [1.807, 2.05) is 25.1 Å². The number of hydrogen-bond acceptors (Lipinski definition) is 6. The van der Waals surface area contributed by atoms with Crippen LogP contribution in [0.25, 0.3) is 11.4 Å². The summed E-state index contributed by atoms with van der Waals surface area (Å²) < 4.78 is 0. The molecule has 2 heterocycles. The van der Waals surface area contributed by atoms with Crippen LogP contribution in [0.2, 0.25) is 10.0 Å². The number of benzene rings is 1. The third kappa shape index (κ3) is 4.40. The summed E-state index contributed by atoms with van der Waals surface area (Å²) in [5.74, 6) is 0.896. The van der Waals surface area contributed by atoms with Crippen molar-refractivity contribution in [1.29, 1.82) is 0 Å². The van der Waals surface area contributed by atoms with Crippen LogP contribution in [0.1, 0.15) is 6.92 Å². The fourth-order valence-electron chi connectivity index (χ4n) is 2.23. The summed E-state index contributed by atoms with van der Waals surface area (Å²) in [6.45, 7) is 1.79. The van der Waals surface area contributed by atoms with Crippen LogP contribution in [0.4, 0.5) is 17.5 Å². The van der Waals surface area contributed by atoms with E-state index in [1.54, 1.807) is 30.5 Å². The van der Waals surface area contributed by atoms with Crippen molar-refractivity contribution < 1.29 is 5.11 Å². The van der Waals surface area contributed by atoms with E-state index in [1.165, 1.54) is 0 Å². The molecule has 3 aromatic rings. The van der Waals surface area contributed by atoms with Crippen LogP contribution in [-0.4, -0.2) is 32.7 Å². The third-order valence-corrected chi connectivity index (χ3v) is 4.34. The molecule has 26 heavy (non-hydrogen) atoms. The van der Waals surface area contributed by atoms with Crippen molar-refractivity contribution >= 4 is 40.7 Å². The van der Waals surface area contributed by atoms with E-state index in [2.05, 4.69) is 25.6 Å². The molecule has 3 N–H and O–H groups in total.